The minimum absolute atomic E-state index is 0.0200. The minimum Gasteiger partial charge on any atom is -0.481 e. The molecular formula is C20H26FNO4. The van der Waals surface area contributed by atoms with E-state index in [4.69, 9.17) is 4.74 Å². The van der Waals surface area contributed by atoms with E-state index in [-0.39, 0.29) is 30.4 Å². The van der Waals surface area contributed by atoms with Crippen molar-refractivity contribution in [2.45, 2.75) is 76.0 Å². The normalized spacial score (nSPS) is 28.1. The number of amides is 1. The Hall–Kier alpha value is -2.11. The smallest absolute Gasteiger partial charge is 0.410 e. The van der Waals surface area contributed by atoms with Gasteiger partial charge in [0.25, 0.3) is 0 Å². The Morgan fingerprint density at radius 1 is 1.19 bits per heavy atom. The van der Waals surface area contributed by atoms with Crippen molar-refractivity contribution in [1.29, 1.82) is 0 Å². The largest absolute Gasteiger partial charge is 0.481 e. The third-order valence-corrected chi connectivity index (χ3v) is 5.42. The van der Waals surface area contributed by atoms with Crippen molar-refractivity contribution in [3.63, 3.8) is 0 Å². The average molecular weight is 363 g/mol. The number of piperidine rings is 1. The van der Waals surface area contributed by atoms with Gasteiger partial charge in [0.05, 0.1) is 6.42 Å². The first-order valence-electron chi connectivity index (χ1n) is 9.09. The van der Waals surface area contributed by atoms with Crippen LogP contribution in [-0.2, 0) is 14.9 Å². The van der Waals surface area contributed by atoms with Crippen LogP contribution in [0.25, 0.3) is 0 Å². The summed E-state index contributed by atoms with van der Waals surface area (Å²) in [4.78, 5) is 26.0. The molecule has 1 aromatic rings. The van der Waals surface area contributed by atoms with Crippen LogP contribution in [0.1, 0.15) is 58.4 Å². The predicted octanol–water partition coefficient (Wildman–Crippen LogP) is 4.10. The number of carbonyl (C=O) groups excluding carboxylic acids is 1. The number of nitrogens with zero attached hydrogens (tertiary/aromatic N) is 1. The molecule has 2 fully saturated rings. The molecule has 5 nitrogen and oxygen atoms in total. The van der Waals surface area contributed by atoms with Crippen LogP contribution < -0.4 is 0 Å². The zero-order chi connectivity index (χ0) is 19.1. The maximum atomic E-state index is 13.3. The Morgan fingerprint density at radius 3 is 2.19 bits per heavy atom. The molecular weight excluding hydrogens is 337 g/mol. The highest BCUT2D eigenvalue weighted by Crippen LogP contribution is 2.49. The molecule has 2 unspecified atom stereocenters. The molecule has 2 heterocycles. The second-order valence-electron chi connectivity index (χ2n) is 8.54. The first-order valence-corrected chi connectivity index (χ1v) is 9.09. The number of benzene rings is 1. The number of rotatable bonds is 3. The number of hydrogen-bond donors (Lipinski definition) is 1. The summed E-state index contributed by atoms with van der Waals surface area (Å²) in [7, 11) is 0. The van der Waals surface area contributed by atoms with E-state index in [0.717, 1.165) is 18.4 Å². The molecule has 2 bridgehead atoms. The lowest BCUT2D eigenvalue weighted by molar-refractivity contribution is -0.139. The highest BCUT2D eigenvalue weighted by molar-refractivity contribution is 5.71. The summed E-state index contributed by atoms with van der Waals surface area (Å²) in [6.07, 6.45) is 2.45. The highest BCUT2D eigenvalue weighted by Gasteiger charge is 2.52. The van der Waals surface area contributed by atoms with Crippen LogP contribution >= 0.6 is 0 Å². The molecule has 2 atom stereocenters. The van der Waals surface area contributed by atoms with Crippen molar-refractivity contribution in [3.05, 3.63) is 35.6 Å². The van der Waals surface area contributed by atoms with Gasteiger partial charge >= 0.3 is 12.1 Å². The van der Waals surface area contributed by atoms with E-state index in [9.17, 15) is 19.1 Å². The van der Waals surface area contributed by atoms with Gasteiger partial charge in [-0.3, -0.25) is 4.79 Å². The van der Waals surface area contributed by atoms with E-state index >= 15 is 0 Å². The first-order chi connectivity index (χ1) is 12.1. The molecule has 2 saturated heterocycles. The standard InChI is InChI=1S/C20H26FNO4/c1-19(2,3)26-18(25)22-15-8-9-16(22)11-20(10-15,12-17(23)24)13-4-6-14(21)7-5-13/h4-7,15-16H,8-12H2,1-3H3,(H,23,24). The Bertz CT molecular complexity index is 681. The Balaban J connectivity index is 1.88. The van der Waals surface area contributed by atoms with Crippen molar-refractivity contribution in [2.75, 3.05) is 0 Å². The molecule has 0 aromatic heterocycles. The fourth-order valence-electron chi connectivity index (χ4n) is 4.54. The number of fused-ring (bicyclic) bond motifs is 2. The van der Waals surface area contributed by atoms with E-state index in [1.165, 1.54) is 12.1 Å². The van der Waals surface area contributed by atoms with Gasteiger partial charge in [-0.05, 0) is 64.2 Å². The third-order valence-electron chi connectivity index (χ3n) is 5.42. The van der Waals surface area contributed by atoms with Crippen molar-refractivity contribution in [2.24, 2.45) is 0 Å². The number of ether oxygens (including phenoxy) is 1. The van der Waals surface area contributed by atoms with Crippen LogP contribution in [0.5, 0.6) is 0 Å². The van der Waals surface area contributed by atoms with Gasteiger partial charge in [-0.1, -0.05) is 12.1 Å². The van der Waals surface area contributed by atoms with Crippen LogP contribution in [0.2, 0.25) is 0 Å². The summed E-state index contributed by atoms with van der Waals surface area (Å²) in [5, 5.41) is 9.49. The fourth-order valence-corrected chi connectivity index (χ4v) is 4.54. The van der Waals surface area contributed by atoms with E-state index in [0.29, 0.717) is 12.8 Å². The molecule has 6 heteroatoms. The van der Waals surface area contributed by atoms with E-state index in [1.807, 2.05) is 20.8 Å². The zero-order valence-corrected chi connectivity index (χ0v) is 15.5. The van der Waals surface area contributed by atoms with Gasteiger partial charge in [0, 0.05) is 17.5 Å². The summed E-state index contributed by atoms with van der Waals surface area (Å²) in [6, 6.07) is 6.02. The minimum atomic E-state index is -0.876. The number of carboxylic acid groups (broad SMARTS) is 1. The lowest BCUT2D eigenvalue weighted by atomic mass is 9.68. The summed E-state index contributed by atoms with van der Waals surface area (Å²) in [5.41, 5.74) is -0.311. The molecule has 2 aliphatic rings. The topological polar surface area (TPSA) is 66.8 Å². The SMILES string of the molecule is CC(C)(C)OC(=O)N1C2CCC1CC(CC(=O)O)(c1ccc(F)cc1)C2. The fraction of sp³-hybridized carbons (Fsp3) is 0.600. The Kier molecular flexibility index (Phi) is 4.71. The molecule has 0 spiro atoms. The summed E-state index contributed by atoms with van der Waals surface area (Å²) < 4.78 is 18.9. The van der Waals surface area contributed by atoms with Crippen molar-refractivity contribution >= 4 is 12.1 Å². The van der Waals surface area contributed by atoms with Crippen molar-refractivity contribution in [3.8, 4) is 0 Å². The number of hydrogen-bond acceptors (Lipinski definition) is 3. The molecule has 0 saturated carbocycles. The van der Waals surface area contributed by atoms with Gasteiger partial charge in [0.1, 0.15) is 11.4 Å². The third kappa shape index (κ3) is 3.69. The molecule has 1 amide bonds. The second-order valence-corrected chi connectivity index (χ2v) is 8.54. The van der Waals surface area contributed by atoms with Crippen LogP contribution in [0.3, 0.4) is 0 Å². The number of halogens is 1. The molecule has 0 radical (unpaired) electrons. The quantitative estimate of drug-likeness (QED) is 0.878. The van der Waals surface area contributed by atoms with Gasteiger partial charge in [0.2, 0.25) is 0 Å². The number of aliphatic carboxylic acids is 1. The summed E-state index contributed by atoms with van der Waals surface area (Å²) in [6.45, 7) is 5.51. The van der Waals surface area contributed by atoms with Gasteiger partial charge in [0.15, 0.2) is 0 Å². The van der Waals surface area contributed by atoms with E-state index in [1.54, 1.807) is 17.0 Å². The monoisotopic (exact) mass is 363 g/mol. The lowest BCUT2D eigenvalue weighted by Crippen LogP contribution is -2.53. The average Bonchev–Trinajstić information content (AvgIpc) is 2.78. The van der Waals surface area contributed by atoms with Gasteiger partial charge in [-0.25, -0.2) is 9.18 Å². The molecule has 0 aliphatic carbocycles. The zero-order valence-electron chi connectivity index (χ0n) is 15.5. The van der Waals surface area contributed by atoms with Crippen LogP contribution in [-0.4, -0.2) is 39.8 Å². The molecule has 3 rings (SSSR count). The molecule has 1 aromatic carbocycles. The predicted molar refractivity (Wildman–Crippen MR) is 94.4 cm³/mol. The van der Waals surface area contributed by atoms with Gasteiger partial charge in [-0.15, -0.1) is 0 Å². The van der Waals surface area contributed by atoms with Crippen LogP contribution in [0.4, 0.5) is 9.18 Å². The number of carboxylic acids is 1. The van der Waals surface area contributed by atoms with Crippen LogP contribution in [0.15, 0.2) is 24.3 Å². The molecule has 2 aliphatic heterocycles. The van der Waals surface area contributed by atoms with E-state index < -0.39 is 17.0 Å². The molecule has 26 heavy (non-hydrogen) atoms. The van der Waals surface area contributed by atoms with E-state index in [2.05, 4.69) is 0 Å². The van der Waals surface area contributed by atoms with Gasteiger partial charge < -0.3 is 14.7 Å². The van der Waals surface area contributed by atoms with Crippen molar-refractivity contribution < 1.29 is 23.8 Å². The van der Waals surface area contributed by atoms with Gasteiger partial charge in [-0.2, -0.15) is 0 Å². The maximum Gasteiger partial charge on any atom is 0.410 e. The second kappa shape index (κ2) is 6.56. The molecule has 142 valence electrons. The lowest BCUT2D eigenvalue weighted by Gasteiger charge is -2.46. The summed E-state index contributed by atoms with van der Waals surface area (Å²) >= 11 is 0. The molecule has 1 N–H and O–H groups in total. The number of carbonyl (C=O) groups is 2. The van der Waals surface area contributed by atoms with Crippen LogP contribution in [0, 0.1) is 5.82 Å². The maximum absolute atomic E-state index is 13.3. The Labute approximate surface area is 153 Å². The Morgan fingerprint density at radius 2 is 1.73 bits per heavy atom. The first kappa shape index (κ1) is 18.7. The highest BCUT2D eigenvalue weighted by atomic mass is 19.1. The summed E-state index contributed by atoms with van der Waals surface area (Å²) in [5.74, 6) is -1.21. The van der Waals surface area contributed by atoms with Crippen molar-refractivity contribution in [1.82, 2.24) is 4.90 Å².